The van der Waals surface area contributed by atoms with Gasteiger partial charge in [0, 0.05) is 24.2 Å². The van der Waals surface area contributed by atoms with Crippen LogP contribution in [0.3, 0.4) is 0 Å². The zero-order valence-corrected chi connectivity index (χ0v) is 18.9. The number of carbonyl (C=O) groups is 1. The molecule has 5 heteroatoms. The van der Waals surface area contributed by atoms with Gasteiger partial charge < -0.3 is 5.32 Å². The summed E-state index contributed by atoms with van der Waals surface area (Å²) in [6.07, 6.45) is 3.97. The van der Waals surface area contributed by atoms with Crippen molar-refractivity contribution in [2.45, 2.75) is 71.8 Å². The highest BCUT2D eigenvalue weighted by Crippen LogP contribution is 2.32. The van der Waals surface area contributed by atoms with E-state index >= 15 is 0 Å². The third-order valence-electron chi connectivity index (χ3n) is 6.19. The minimum atomic E-state index is -0.172. The van der Waals surface area contributed by atoms with Gasteiger partial charge in [-0.3, -0.25) is 14.2 Å². The molecule has 0 spiro atoms. The number of carbonyl (C=O) groups excluding carboxylic acids is 1. The van der Waals surface area contributed by atoms with Gasteiger partial charge in [-0.05, 0) is 54.0 Å². The fourth-order valence-electron chi connectivity index (χ4n) is 4.44. The highest BCUT2D eigenvalue weighted by atomic mass is 16.1. The zero-order valence-electron chi connectivity index (χ0n) is 18.9. The summed E-state index contributed by atoms with van der Waals surface area (Å²) in [5.41, 5.74) is 4.27. The second-order valence-electron chi connectivity index (χ2n) is 9.10. The summed E-state index contributed by atoms with van der Waals surface area (Å²) >= 11 is 0. The molecule has 5 nitrogen and oxygen atoms in total. The van der Waals surface area contributed by atoms with Crippen molar-refractivity contribution in [1.82, 2.24) is 9.55 Å². The number of amides is 1. The van der Waals surface area contributed by atoms with Crippen LogP contribution in [0.4, 0.5) is 5.69 Å². The van der Waals surface area contributed by atoms with Crippen LogP contribution in [0.5, 0.6) is 0 Å². The number of hydrogen-bond donors (Lipinski definition) is 1. The molecule has 1 N–H and O–H groups in total. The molecule has 2 aromatic carbocycles. The third-order valence-corrected chi connectivity index (χ3v) is 6.19. The predicted molar refractivity (Wildman–Crippen MR) is 126 cm³/mol. The summed E-state index contributed by atoms with van der Waals surface area (Å²) in [4.78, 5) is 30.9. The molecule has 0 aliphatic carbocycles. The SMILES string of the molecule is CC(C)c1cccc(C(C)C)c1NC(=O)c1ccc2c(=O)n3c(nc2c1)CCCCC3. The van der Waals surface area contributed by atoms with Crippen molar-refractivity contribution in [2.75, 3.05) is 5.32 Å². The van der Waals surface area contributed by atoms with E-state index in [0.29, 0.717) is 28.3 Å². The molecule has 0 bridgehead atoms. The minimum absolute atomic E-state index is 0.00102. The Morgan fingerprint density at radius 1 is 1.00 bits per heavy atom. The molecule has 0 unspecified atom stereocenters. The molecular formula is C26H31N3O2. The summed E-state index contributed by atoms with van der Waals surface area (Å²) in [6.45, 7) is 9.26. The van der Waals surface area contributed by atoms with Crippen LogP contribution in [0.1, 0.15) is 86.1 Å². The number of nitrogens with zero attached hydrogens (tertiary/aromatic N) is 2. The lowest BCUT2D eigenvalue weighted by molar-refractivity contribution is 0.102. The van der Waals surface area contributed by atoms with Gasteiger partial charge in [0.25, 0.3) is 11.5 Å². The van der Waals surface area contributed by atoms with Gasteiger partial charge in [0.15, 0.2) is 0 Å². The van der Waals surface area contributed by atoms with Gasteiger partial charge in [-0.15, -0.1) is 0 Å². The molecule has 0 saturated heterocycles. The Labute approximate surface area is 183 Å². The second kappa shape index (κ2) is 8.66. The van der Waals surface area contributed by atoms with E-state index in [1.807, 2.05) is 4.57 Å². The first-order valence-corrected chi connectivity index (χ1v) is 11.3. The summed E-state index contributed by atoms with van der Waals surface area (Å²) in [6, 6.07) is 11.4. The first-order valence-electron chi connectivity index (χ1n) is 11.3. The van der Waals surface area contributed by atoms with Crippen LogP contribution < -0.4 is 10.9 Å². The standard InChI is InChI=1S/C26H31N3O2/c1-16(2)19-9-8-10-20(17(3)4)24(19)28-25(30)18-12-13-21-22(15-18)27-23-11-6-5-7-14-29(23)26(21)31/h8-10,12-13,15-17H,5-7,11,14H2,1-4H3,(H,28,30). The van der Waals surface area contributed by atoms with Crippen molar-refractivity contribution >= 4 is 22.5 Å². The molecule has 3 aromatic rings. The first-order chi connectivity index (χ1) is 14.9. The van der Waals surface area contributed by atoms with Crippen LogP contribution in [0.25, 0.3) is 10.9 Å². The van der Waals surface area contributed by atoms with E-state index in [-0.39, 0.29) is 11.5 Å². The van der Waals surface area contributed by atoms with Crippen molar-refractivity contribution in [3.63, 3.8) is 0 Å². The molecule has 1 amide bonds. The fraction of sp³-hybridized carbons (Fsp3) is 0.423. The van der Waals surface area contributed by atoms with Gasteiger partial charge in [0.05, 0.1) is 10.9 Å². The smallest absolute Gasteiger partial charge is 0.261 e. The molecular weight excluding hydrogens is 386 g/mol. The molecule has 0 radical (unpaired) electrons. The maximum atomic E-state index is 13.2. The van der Waals surface area contributed by atoms with E-state index in [4.69, 9.17) is 4.98 Å². The van der Waals surface area contributed by atoms with E-state index in [1.54, 1.807) is 18.2 Å². The fourth-order valence-corrected chi connectivity index (χ4v) is 4.44. The Balaban J connectivity index is 1.73. The van der Waals surface area contributed by atoms with Crippen molar-refractivity contribution in [3.8, 4) is 0 Å². The number of aromatic nitrogens is 2. The molecule has 1 aliphatic rings. The molecule has 0 atom stereocenters. The van der Waals surface area contributed by atoms with Crippen LogP contribution in [-0.2, 0) is 13.0 Å². The summed E-state index contributed by atoms with van der Waals surface area (Å²) < 4.78 is 1.81. The van der Waals surface area contributed by atoms with E-state index in [9.17, 15) is 9.59 Å². The predicted octanol–water partition coefficient (Wildman–Crippen LogP) is 5.62. The molecule has 0 fully saturated rings. The quantitative estimate of drug-likeness (QED) is 0.599. The van der Waals surface area contributed by atoms with E-state index in [1.165, 1.54) is 0 Å². The second-order valence-corrected chi connectivity index (χ2v) is 9.10. The molecule has 1 aliphatic heterocycles. The maximum Gasteiger partial charge on any atom is 0.261 e. The largest absolute Gasteiger partial charge is 0.321 e. The van der Waals surface area contributed by atoms with E-state index in [2.05, 4.69) is 51.2 Å². The Morgan fingerprint density at radius 2 is 1.71 bits per heavy atom. The normalized spacial score (nSPS) is 14.0. The lowest BCUT2D eigenvalue weighted by atomic mass is 9.92. The molecule has 162 valence electrons. The minimum Gasteiger partial charge on any atom is -0.321 e. The van der Waals surface area contributed by atoms with Crippen molar-refractivity contribution in [3.05, 3.63) is 69.3 Å². The Kier molecular flexibility index (Phi) is 5.94. The lowest BCUT2D eigenvalue weighted by Gasteiger charge is -2.20. The third kappa shape index (κ3) is 4.14. The van der Waals surface area contributed by atoms with Gasteiger partial charge in [-0.25, -0.2) is 4.98 Å². The number of rotatable bonds is 4. The number of hydrogen-bond acceptors (Lipinski definition) is 3. The molecule has 31 heavy (non-hydrogen) atoms. The van der Waals surface area contributed by atoms with E-state index < -0.39 is 0 Å². The molecule has 2 heterocycles. The zero-order chi connectivity index (χ0) is 22.1. The summed E-state index contributed by atoms with van der Waals surface area (Å²) in [5, 5.41) is 3.74. The average Bonchev–Trinajstić information content (AvgIpc) is 2.99. The highest BCUT2D eigenvalue weighted by Gasteiger charge is 2.19. The van der Waals surface area contributed by atoms with Crippen LogP contribution in [0.15, 0.2) is 41.2 Å². The van der Waals surface area contributed by atoms with Gasteiger partial charge in [-0.1, -0.05) is 52.3 Å². The summed E-state index contributed by atoms with van der Waals surface area (Å²) in [5.74, 6) is 1.25. The number of nitrogens with one attached hydrogen (secondary N) is 1. The monoisotopic (exact) mass is 417 g/mol. The van der Waals surface area contributed by atoms with Crippen LogP contribution in [0, 0.1) is 0 Å². The Bertz CT molecular complexity index is 1160. The number of benzene rings is 2. The lowest BCUT2D eigenvalue weighted by Crippen LogP contribution is -2.24. The van der Waals surface area contributed by atoms with Crippen LogP contribution >= 0.6 is 0 Å². The van der Waals surface area contributed by atoms with Gasteiger partial charge in [0.2, 0.25) is 0 Å². The Morgan fingerprint density at radius 3 is 2.39 bits per heavy atom. The Hall–Kier alpha value is -2.95. The topological polar surface area (TPSA) is 64.0 Å². The molecule has 1 aromatic heterocycles. The van der Waals surface area contributed by atoms with Crippen molar-refractivity contribution < 1.29 is 4.79 Å². The number of anilines is 1. The van der Waals surface area contributed by atoms with Crippen LogP contribution in [0.2, 0.25) is 0 Å². The highest BCUT2D eigenvalue weighted by molar-refractivity contribution is 6.06. The van der Waals surface area contributed by atoms with Gasteiger partial charge in [0.1, 0.15) is 5.82 Å². The maximum absolute atomic E-state index is 13.2. The number of para-hydroxylation sites is 1. The summed E-state index contributed by atoms with van der Waals surface area (Å²) in [7, 11) is 0. The molecule has 4 rings (SSSR count). The van der Waals surface area contributed by atoms with E-state index in [0.717, 1.165) is 54.9 Å². The van der Waals surface area contributed by atoms with Crippen molar-refractivity contribution in [2.24, 2.45) is 0 Å². The molecule has 0 saturated carbocycles. The van der Waals surface area contributed by atoms with Crippen LogP contribution in [-0.4, -0.2) is 15.5 Å². The first kappa shape index (κ1) is 21.3. The average molecular weight is 418 g/mol. The number of fused-ring (bicyclic) bond motifs is 2. The van der Waals surface area contributed by atoms with Gasteiger partial charge in [-0.2, -0.15) is 0 Å². The number of aryl methyl sites for hydroxylation is 1. The van der Waals surface area contributed by atoms with Gasteiger partial charge >= 0.3 is 0 Å². The van der Waals surface area contributed by atoms with Crippen molar-refractivity contribution in [1.29, 1.82) is 0 Å².